The van der Waals surface area contributed by atoms with Crippen LogP contribution in [0.1, 0.15) is 18.4 Å². The molecule has 0 spiro atoms. The molecule has 0 bridgehead atoms. The molecule has 1 aliphatic carbocycles. The highest BCUT2D eigenvalue weighted by atomic mass is 32.2. The SMILES string of the molecule is COc1ccc(S(=O)(=O)Oc2ccccc2CN(CC2CC2)C(=O)Nc2ccccc2OC)cc1. The summed E-state index contributed by atoms with van der Waals surface area (Å²) >= 11 is 0. The predicted octanol–water partition coefficient (Wildman–Crippen LogP) is 4.92. The number of methoxy groups -OCH3 is 2. The highest BCUT2D eigenvalue weighted by Crippen LogP contribution is 2.32. The molecule has 0 atom stereocenters. The van der Waals surface area contributed by atoms with Gasteiger partial charge in [0, 0.05) is 12.1 Å². The summed E-state index contributed by atoms with van der Waals surface area (Å²) in [5.74, 6) is 1.70. The largest absolute Gasteiger partial charge is 0.497 e. The van der Waals surface area contributed by atoms with Crippen LogP contribution in [0.25, 0.3) is 0 Å². The van der Waals surface area contributed by atoms with E-state index in [2.05, 4.69) is 5.32 Å². The Morgan fingerprint density at radius 3 is 2.23 bits per heavy atom. The molecule has 0 aromatic heterocycles. The van der Waals surface area contributed by atoms with Crippen LogP contribution in [-0.4, -0.2) is 40.1 Å². The lowest BCUT2D eigenvalue weighted by atomic mass is 10.2. The number of carbonyl (C=O) groups excluding carboxylic acids is 1. The summed E-state index contributed by atoms with van der Waals surface area (Å²) in [6.07, 6.45) is 2.12. The van der Waals surface area contributed by atoms with E-state index in [1.807, 2.05) is 12.1 Å². The Kier molecular flexibility index (Phi) is 7.45. The van der Waals surface area contributed by atoms with Crippen LogP contribution in [0.2, 0.25) is 0 Å². The second-order valence-electron chi connectivity index (χ2n) is 8.28. The molecule has 0 radical (unpaired) electrons. The summed E-state index contributed by atoms with van der Waals surface area (Å²) in [6, 6.07) is 19.7. The first kappa shape index (κ1) is 24.4. The van der Waals surface area contributed by atoms with Gasteiger partial charge in [-0.15, -0.1) is 0 Å². The van der Waals surface area contributed by atoms with Crippen LogP contribution < -0.4 is 19.0 Å². The smallest absolute Gasteiger partial charge is 0.339 e. The summed E-state index contributed by atoms with van der Waals surface area (Å²) in [5.41, 5.74) is 1.15. The fourth-order valence-electron chi connectivity index (χ4n) is 3.60. The molecule has 1 N–H and O–H groups in total. The zero-order valence-corrected chi connectivity index (χ0v) is 20.5. The Balaban J connectivity index is 1.54. The standard InChI is InChI=1S/C26H28N2O6S/c1-32-21-13-15-22(16-14-21)35(30,31)34-24-9-5-3-7-20(24)18-28(17-19-11-12-19)26(29)27-23-8-4-6-10-25(23)33-2/h3-10,13-16,19H,11-12,17-18H2,1-2H3,(H,27,29). The van der Waals surface area contributed by atoms with E-state index >= 15 is 0 Å². The zero-order chi connectivity index (χ0) is 24.8. The van der Waals surface area contributed by atoms with Crippen LogP contribution in [0.15, 0.2) is 77.7 Å². The number of nitrogens with one attached hydrogen (secondary N) is 1. The van der Waals surface area contributed by atoms with Crippen molar-refractivity contribution in [3.63, 3.8) is 0 Å². The minimum atomic E-state index is -4.08. The highest BCUT2D eigenvalue weighted by Gasteiger charge is 2.28. The minimum absolute atomic E-state index is 0.0110. The molecule has 3 aromatic rings. The van der Waals surface area contributed by atoms with Crippen LogP contribution in [0.4, 0.5) is 10.5 Å². The van der Waals surface area contributed by atoms with Gasteiger partial charge in [0.2, 0.25) is 0 Å². The Labute approximate surface area is 205 Å². The van der Waals surface area contributed by atoms with Crippen molar-refractivity contribution in [1.29, 1.82) is 0 Å². The molecule has 0 aliphatic heterocycles. The molecule has 0 saturated heterocycles. The van der Waals surface area contributed by atoms with Crippen molar-refractivity contribution in [2.45, 2.75) is 24.3 Å². The Morgan fingerprint density at radius 2 is 1.57 bits per heavy atom. The molecule has 1 fully saturated rings. The van der Waals surface area contributed by atoms with Gasteiger partial charge in [0.25, 0.3) is 0 Å². The van der Waals surface area contributed by atoms with Crippen molar-refractivity contribution in [3.05, 3.63) is 78.4 Å². The van der Waals surface area contributed by atoms with Crippen LogP contribution in [0.5, 0.6) is 17.2 Å². The van der Waals surface area contributed by atoms with Crippen molar-refractivity contribution in [1.82, 2.24) is 4.90 Å². The molecule has 8 nitrogen and oxygen atoms in total. The Bertz CT molecular complexity index is 1270. The third kappa shape index (κ3) is 6.24. The number of amides is 2. The van der Waals surface area contributed by atoms with Crippen molar-refractivity contribution in [2.75, 3.05) is 26.1 Å². The third-order valence-electron chi connectivity index (χ3n) is 5.69. The lowest BCUT2D eigenvalue weighted by molar-refractivity contribution is 0.206. The number of ether oxygens (including phenoxy) is 2. The van der Waals surface area contributed by atoms with Crippen LogP contribution in [-0.2, 0) is 16.7 Å². The van der Waals surface area contributed by atoms with E-state index in [1.54, 1.807) is 60.5 Å². The molecule has 9 heteroatoms. The van der Waals surface area contributed by atoms with Gasteiger partial charge >= 0.3 is 16.1 Å². The van der Waals surface area contributed by atoms with Gasteiger partial charge in [-0.2, -0.15) is 8.42 Å². The van der Waals surface area contributed by atoms with E-state index in [0.29, 0.717) is 35.2 Å². The number of hydrogen-bond donors (Lipinski definition) is 1. The van der Waals surface area contributed by atoms with Gasteiger partial charge in [0.05, 0.1) is 26.5 Å². The number of anilines is 1. The lowest BCUT2D eigenvalue weighted by Crippen LogP contribution is -2.36. The lowest BCUT2D eigenvalue weighted by Gasteiger charge is -2.24. The molecular weight excluding hydrogens is 468 g/mol. The second kappa shape index (κ2) is 10.7. The summed E-state index contributed by atoms with van der Waals surface area (Å²) in [5, 5.41) is 2.91. The normalized spacial score (nSPS) is 13.1. The number of benzene rings is 3. The monoisotopic (exact) mass is 496 g/mol. The summed E-state index contributed by atoms with van der Waals surface area (Å²) in [6.45, 7) is 0.742. The molecule has 1 aliphatic rings. The van der Waals surface area contributed by atoms with E-state index < -0.39 is 10.1 Å². The first-order chi connectivity index (χ1) is 16.9. The molecule has 184 valence electrons. The first-order valence-corrected chi connectivity index (χ1v) is 12.7. The van der Waals surface area contributed by atoms with E-state index in [0.717, 1.165) is 12.8 Å². The average molecular weight is 497 g/mol. The zero-order valence-electron chi connectivity index (χ0n) is 19.6. The molecule has 0 unspecified atom stereocenters. The average Bonchev–Trinajstić information content (AvgIpc) is 3.69. The molecule has 35 heavy (non-hydrogen) atoms. The van der Waals surface area contributed by atoms with Crippen LogP contribution in [0.3, 0.4) is 0 Å². The summed E-state index contributed by atoms with van der Waals surface area (Å²) < 4.78 is 41.7. The van der Waals surface area contributed by atoms with Crippen molar-refractivity contribution >= 4 is 21.8 Å². The fourth-order valence-corrected chi connectivity index (χ4v) is 4.57. The third-order valence-corrected chi connectivity index (χ3v) is 6.94. The summed E-state index contributed by atoms with van der Waals surface area (Å²) in [7, 11) is -1.02. The predicted molar refractivity (Wildman–Crippen MR) is 132 cm³/mol. The van der Waals surface area contributed by atoms with Gasteiger partial charge in [-0.05, 0) is 61.2 Å². The van der Waals surface area contributed by atoms with Gasteiger partial charge in [-0.25, -0.2) is 4.79 Å². The minimum Gasteiger partial charge on any atom is -0.497 e. The van der Waals surface area contributed by atoms with E-state index in [1.165, 1.54) is 19.2 Å². The Hall–Kier alpha value is -3.72. The quantitative estimate of drug-likeness (QED) is 0.401. The summed E-state index contributed by atoms with van der Waals surface area (Å²) in [4.78, 5) is 14.9. The maximum atomic E-state index is 13.2. The van der Waals surface area contributed by atoms with Gasteiger partial charge in [-0.3, -0.25) is 0 Å². The van der Waals surface area contributed by atoms with Gasteiger partial charge in [-0.1, -0.05) is 30.3 Å². The second-order valence-corrected chi connectivity index (χ2v) is 9.82. The van der Waals surface area contributed by atoms with Gasteiger partial charge < -0.3 is 23.9 Å². The molecule has 3 aromatic carbocycles. The number of para-hydroxylation sites is 3. The maximum absolute atomic E-state index is 13.2. The van der Waals surface area contributed by atoms with Crippen molar-refractivity contribution < 1.29 is 26.9 Å². The fraction of sp³-hybridized carbons (Fsp3) is 0.269. The van der Waals surface area contributed by atoms with Crippen LogP contribution in [0, 0.1) is 5.92 Å². The topological polar surface area (TPSA) is 94.2 Å². The molecular formula is C26H28N2O6S. The van der Waals surface area contributed by atoms with Gasteiger partial charge in [0.15, 0.2) is 0 Å². The molecule has 0 heterocycles. The van der Waals surface area contributed by atoms with E-state index in [9.17, 15) is 13.2 Å². The van der Waals surface area contributed by atoms with Gasteiger partial charge in [0.1, 0.15) is 22.1 Å². The molecule has 2 amide bonds. The van der Waals surface area contributed by atoms with Crippen molar-refractivity contribution in [2.24, 2.45) is 5.92 Å². The molecule has 1 saturated carbocycles. The highest BCUT2D eigenvalue weighted by molar-refractivity contribution is 7.87. The first-order valence-electron chi connectivity index (χ1n) is 11.2. The number of urea groups is 1. The number of rotatable bonds is 10. The number of carbonyl (C=O) groups is 1. The van der Waals surface area contributed by atoms with E-state index in [-0.39, 0.29) is 23.2 Å². The van der Waals surface area contributed by atoms with Crippen LogP contribution >= 0.6 is 0 Å². The Morgan fingerprint density at radius 1 is 0.914 bits per heavy atom. The maximum Gasteiger partial charge on any atom is 0.339 e. The number of nitrogens with zero attached hydrogens (tertiary/aromatic N) is 1. The number of hydrogen-bond acceptors (Lipinski definition) is 6. The van der Waals surface area contributed by atoms with E-state index in [4.69, 9.17) is 13.7 Å². The van der Waals surface area contributed by atoms with Crippen molar-refractivity contribution in [3.8, 4) is 17.2 Å². The molecule has 4 rings (SSSR count).